The fraction of sp³-hybridized carbons (Fsp3) is 0.400. The van der Waals surface area contributed by atoms with Crippen LogP contribution in [0.25, 0.3) is 0 Å². The van der Waals surface area contributed by atoms with E-state index in [4.69, 9.17) is 9.26 Å². The molecule has 11 heteroatoms. The number of amides is 4. The SMILES string of the molecule is Cc1noc(C)c1NC(=O)N(C)C[C@@H]1Oc2ccc(NC(=O)Cc3ccccc3)cc2C(=O)N([C@@H](C)CO)C[C@H]1C. The number of carbonyl (C=O) groups excluding carboxylic acids is 3. The molecular formula is C30H37N5O6. The van der Waals surface area contributed by atoms with E-state index < -0.39 is 12.1 Å². The van der Waals surface area contributed by atoms with Gasteiger partial charge in [-0.25, -0.2) is 4.79 Å². The number of aromatic nitrogens is 1. The number of urea groups is 1. The quantitative estimate of drug-likeness (QED) is 0.379. The third-order valence-corrected chi connectivity index (χ3v) is 7.22. The number of likely N-dealkylation sites (N-methyl/N-ethyl adjacent to an activating group) is 1. The average Bonchev–Trinajstić information content (AvgIpc) is 3.27. The molecule has 4 amide bonds. The Hall–Kier alpha value is -4.38. The number of aryl methyl sites for hydroxylation is 2. The lowest BCUT2D eigenvalue weighted by Crippen LogP contribution is -2.50. The molecule has 0 aliphatic carbocycles. The van der Waals surface area contributed by atoms with Crippen LogP contribution in [0.15, 0.2) is 53.1 Å². The number of benzene rings is 2. The number of hydrogen-bond acceptors (Lipinski definition) is 7. The molecule has 2 aromatic carbocycles. The van der Waals surface area contributed by atoms with Crippen molar-refractivity contribution in [3.05, 3.63) is 71.1 Å². The number of hydrogen-bond donors (Lipinski definition) is 3. The van der Waals surface area contributed by atoms with E-state index in [1.165, 1.54) is 4.90 Å². The fourth-order valence-corrected chi connectivity index (χ4v) is 4.72. The standard InChI is InChI=1S/C30H37N5O6/c1-18-15-35(19(2)17-36)29(38)24-14-23(31-27(37)13-22-9-7-6-8-10-22)11-12-25(24)40-26(18)16-34(5)30(39)32-28-20(3)33-41-21(28)4/h6-12,14,18-19,26,36H,13,15-17H2,1-5H3,(H,31,37)(H,32,39)/t18-,19+,26+/m1/s1. The molecule has 0 radical (unpaired) electrons. The van der Waals surface area contributed by atoms with Gasteiger partial charge in [0.2, 0.25) is 5.91 Å². The minimum absolute atomic E-state index is 0.180. The van der Waals surface area contributed by atoms with Crippen molar-refractivity contribution in [2.75, 3.05) is 37.4 Å². The number of nitrogens with zero attached hydrogens (tertiary/aromatic N) is 3. The van der Waals surface area contributed by atoms with Crippen molar-refractivity contribution in [1.29, 1.82) is 0 Å². The Labute approximate surface area is 239 Å². The second-order valence-corrected chi connectivity index (χ2v) is 10.6. The van der Waals surface area contributed by atoms with E-state index in [0.29, 0.717) is 35.1 Å². The second-order valence-electron chi connectivity index (χ2n) is 10.6. The van der Waals surface area contributed by atoms with Gasteiger partial charge in [-0.05, 0) is 44.5 Å². The highest BCUT2D eigenvalue weighted by Crippen LogP contribution is 2.31. The molecule has 11 nitrogen and oxygen atoms in total. The Balaban J connectivity index is 1.56. The van der Waals surface area contributed by atoms with Gasteiger partial charge in [-0.3, -0.25) is 9.59 Å². The van der Waals surface area contributed by atoms with Crippen LogP contribution in [0, 0.1) is 19.8 Å². The number of aliphatic hydroxyl groups excluding tert-OH is 1. The third-order valence-electron chi connectivity index (χ3n) is 7.22. The van der Waals surface area contributed by atoms with Crippen molar-refractivity contribution < 1.29 is 28.8 Å². The van der Waals surface area contributed by atoms with Crippen LogP contribution in [0.1, 0.15) is 41.2 Å². The van der Waals surface area contributed by atoms with Gasteiger partial charge in [-0.2, -0.15) is 0 Å². The van der Waals surface area contributed by atoms with Gasteiger partial charge in [0, 0.05) is 25.2 Å². The lowest BCUT2D eigenvalue weighted by atomic mass is 9.99. The van der Waals surface area contributed by atoms with E-state index in [1.54, 1.807) is 50.9 Å². The summed E-state index contributed by atoms with van der Waals surface area (Å²) < 4.78 is 11.5. The molecule has 41 heavy (non-hydrogen) atoms. The summed E-state index contributed by atoms with van der Waals surface area (Å²) in [6, 6.07) is 13.5. The molecule has 0 bridgehead atoms. The smallest absolute Gasteiger partial charge is 0.321 e. The van der Waals surface area contributed by atoms with Gasteiger partial charge in [-0.15, -0.1) is 0 Å². The molecule has 0 saturated carbocycles. The molecule has 0 saturated heterocycles. The zero-order valence-corrected chi connectivity index (χ0v) is 24.0. The Kier molecular flexibility index (Phi) is 9.28. The molecular weight excluding hydrogens is 526 g/mol. The average molecular weight is 564 g/mol. The van der Waals surface area contributed by atoms with Crippen LogP contribution >= 0.6 is 0 Å². The van der Waals surface area contributed by atoms with Crippen LogP contribution in [0.3, 0.4) is 0 Å². The maximum absolute atomic E-state index is 13.7. The molecule has 218 valence electrons. The van der Waals surface area contributed by atoms with Gasteiger partial charge in [0.05, 0.1) is 31.2 Å². The van der Waals surface area contributed by atoms with Crippen LogP contribution in [-0.2, 0) is 11.2 Å². The van der Waals surface area contributed by atoms with Crippen LogP contribution in [0.5, 0.6) is 5.75 Å². The largest absolute Gasteiger partial charge is 0.487 e. The van der Waals surface area contributed by atoms with Crippen molar-refractivity contribution in [2.45, 2.75) is 46.3 Å². The molecule has 0 unspecified atom stereocenters. The first-order valence-corrected chi connectivity index (χ1v) is 13.6. The Morgan fingerprint density at radius 3 is 2.56 bits per heavy atom. The minimum atomic E-state index is -0.478. The number of ether oxygens (including phenoxy) is 1. The van der Waals surface area contributed by atoms with Crippen LogP contribution < -0.4 is 15.4 Å². The van der Waals surface area contributed by atoms with Crippen molar-refractivity contribution in [1.82, 2.24) is 15.0 Å². The first kappa shape index (κ1) is 29.6. The van der Waals surface area contributed by atoms with Gasteiger partial charge in [0.15, 0.2) is 5.76 Å². The summed E-state index contributed by atoms with van der Waals surface area (Å²) in [7, 11) is 1.66. The summed E-state index contributed by atoms with van der Waals surface area (Å²) in [6.07, 6.45) is -0.285. The summed E-state index contributed by atoms with van der Waals surface area (Å²) in [5.41, 5.74) is 2.70. The lowest BCUT2D eigenvalue weighted by Gasteiger charge is -2.38. The van der Waals surface area contributed by atoms with Gasteiger partial charge < -0.3 is 34.8 Å². The van der Waals surface area contributed by atoms with Crippen molar-refractivity contribution in [3.8, 4) is 5.75 Å². The molecule has 2 heterocycles. The number of nitrogens with one attached hydrogen (secondary N) is 2. The number of anilines is 2. The van der Waals surface area contributed by atoms with Crippen molar-refractivity contribution in [2.24, 2.45) is 5.92 Å². The van der Waals surface area contributed by atoms with E-state index in [9.17, 15) is 19.5 Å². The molecule has 0 spiro atoms. The summed E-state index contributed by atoms with van der Waals surface area (Å²) in [4.78, 5) is 42.5. The third kappa shape index (κ3) is 7.04. The van der Waals surface area contributed by atoms with Crippen LogP contribution in [0.2, 0.25) is 0 Å². The highest BCUT2D eigenvalue weighted by molar-refractivity contribution is 6.00. The molecule has 1 aliphatic heterocycles. The molecule has 4 rings (SSSR count). The first-order chi connectivity index (χ1) is 19.6. The Morgan fingerprint density at radius 1 is 1.17 bits per heavy atom. The monoisotopic (exact) mass is 563 g/mol. The van der Waals surface area contributed by atoms with E-state index in [0.717, 1.165) is 5.56 Å². The normalized spacial score (nSPS) is 17.5. The van der Waals surface area contributed by atoms with Gasteiger partial charge in [0.25, 0.3) is 5.91 Å². The predicted octanol–water partition coefficient (Wildman–Crippen LogP) is 3.86. The van der Waals surface area contributed by atoms with Gasteiger partial charge >= 0.3 is 6.03 Å². The molecule has 3 aromatic rings. The van der Waals surface area contributed by atoms with Crippen molar-refractivity contribution in [3.63, 3.8) is 0 Å². The topological polar surface area (TPSA) is 137 Å². The molecule has 1 aliphatic rings. The van der Waals surface area contributed by atoms with Gasteiger partial charge in [-0.1, -0.05) is 42.4 Å². The fourth-order valence-electron chi connectivity index (χ4n) is 4.72. The van der Waals surface area contributed by atoms with Crippen LogP contribution in [-0.4, -0.2) is 76.8 Å². The van der Waals surface area contributed by atoms with E-state index in [2.05, 4.69) is 15.8 Å². The lowest BCUT2D eigenvalue weighted by molar-refractivity contribution is -0.115. The second kappa shape index (κ2) is 12.9. The van der Waals surface area contributed by atoms with E-state index >= 15 is 0 Å². The molecule has 3 N–H and O–H groups in total. The highest BCUT2D eigenvalue weighted by atomic mass is 16.5. The number of rotatable bonds is 8. The molecule has 3 atom stereocenters. The number of aliphatic hydroxyl groups is 1. The van der Waals surface area contributed by atoms with E-state index in [1.807, 2.05) is 37.3 Å². The maximum Gasteiger partial charge on any atom is 0.321 e. The minimum Gasteiger partial charge on any atom is -0.487 e. The Morgan fingerprint density at radius 2 is 1.90 bits per heavy atom. The summed E-state index contributed by atoms with van der Waals surface area (Å²) in [5, 5.41) is 19.5. The number of carbonyl (C=O) groups is 3. The number of fused-ring (bicyclic) bond motifs is 1. The van der Waals surface area contributed by atoms with E-state index in [-0.39, 0.29) is 48.9 Å². The maximum atomic E-state index is 13.7. The Bertz CT molecular complexity index is 1370. The summed E-state index contributed by atoms with van der Waals surface area (Å²) >= 11 is 0. The van der Waals surface area contributed by atoms with Crippen molar-refractivity contribution >= 4 is 29.2 Å². The summed E-state index contributed by atoms with van der Waals surface area (Å²) in [5.74, 6) is 0.138. The van der Waals surface area contributed by atoms with Gasteiger partial charge in [0.1, 0.15) is 23.2 Å². The first-order valence-electron chi connectivity index (χ1n) is 13.6. The molecule has 1 aromatic heterocycles. The van der Waals surface area contributed by atoms with Crippen LogP contribution in [0.4, 0.5) is 16.2 Å². The zero-order valence-electron chi connectivity index (χ0n) is 24.0. The molecule has 0 fully saturated rings. The zero-order chi connectivity index (χ0) is 29.7. The highest BCUT2D eigenvalue weighted by Gasteiger charge is 2.34. The predicted molar refractivity (Wildman–Crippen MR) is 154 cm³/mol. The summed E-state index contributed by atoms with van der Waals surface area (Å²) in [6.45, 7) is 7.49.